The summed E-state index contributed by atoms with van der Waals surface area (Å²) >= 11 is 0. The Labute approximate surface area is 117 Å². The first-order valence-corrected chi connectivity index (χ1v) is 6.44. The Hall–Kier alpha value is -2.56. The van der Waals surface area contributed by atoms with Crippen LogP contribution in [0.1, 0.15) is 11.1 Å². The zero-order valence-corrected chi connectivity index (χ0v) is 11.7. The van der Waals surface area contributed by atoms with Crippen LogP contribution in [-0.2, 0) is 0 Å². The first-order chi connectivity index (χ1) is 9.67. The average Bonchev–Trinajstić information content (AvgIpc) is 2.90. The quantitative estimate of drug-likeness (QED) is 0.792. The summed E-state index contributed by atoms with van der Waals surface area (Å²) in [5.74, 6) is 2.02. The van der Waals surface area contributed by atoms with Crippen LogP contribution in [-0.4, -0.2) is 21.4 Å². The number of nitrogens with zero attached hydrogens (tertiary/aromatic N) is 3. The van der Waals surface area contributed by atoms with Gasteiger partial charge in [-0.1, -0.05) is 17.7 Å². The highest BCUT2D eigenvalue weighted by Gasteiger charge is 2.10. The van der Waals surface area contributed by atoms with E-state index in [1.165, 1.54) is 5.56 Å². The maximum atomic E-state index is 5.94. The van der Waals surface area contributed by atoms with Gasteiger partial charge >= 0.3 is 0 Å². The molecule has 0 atom stereocenters. The van der Waals surface area contributed by atoms with E-state index < -0.39 is 0 Å². The second kappa shape index (κ2) is 4.85. The molecular formula is C15H16N4O. The van der Waals surface area contributed by atoms with Gasteiger partial charge in [-0.3, -0.25) is 4.40 Å². The van der Waals surface area contributed by atoms with Crippen molar-refractivity contribution in [1.82, 2.24) is 14.4 Å². The molecule has 0 spiro atoms. The van der Waals surface area contributed by atoms with Crippen molar-refractivity contribution in [3.8, 4) is 11.6 Å². The number of nitrogens with one attached hydrogen (secondary N) is 1. The molecule has 0 aliphatic carbocycles. The summed E-state index contributed by atoms with van der Waals surface area (Å²) in [5, 5.41) is 3.02. The highest BCUT2D eigenvalue weighted by atomic mass is 16.5. The normalized spacial score (nSPS) is 10.8. The summed E-state index contributed by atoms with van der Waals surface area (Å²) in [6, 6.07) is 6.06. The maximum Gasteiger partial charge on any atom is 0.265 e. The van der Waals surface area contributed by atoms with Crippen molar-refractivity contribution in [1.29, 1.82) is 0 Å². The Bertz CT molecular complexity index is 764. The molecule has 0 bridgehead atoms. The van der Waals surface area contributed by atoms with Gasteiger partial charge in [-0.05, 0) is 25.5 Å². The number of imidazole rings is 1. The van der Waals surface area contributed by atoms with Crippen molar-refractivity contribution < 1.29 is 4.74 Å². The van der Waals surface area contributed by atoms with Crippen molar-refractivity contribution in [2.45, 2.75) is 13.8 Å². The minimum atomic E-state index is 0.494. The van der Waals surface area contributed by atoms with E-state index in [1.54, 1.807) is 6.20 Å². The number of hydrogen-bond acceptors (Lipinski definition) is 4. The number of aryl methyl sites for hydroxylation is 2. The minimum absolute atomic E-state index is 0.494. The molecule has 20 heavy (non-hydrogen) atoms. The third-order valence-corrected chi connectivity index (χ3v) is 3.14. The van der Waals surface area contributed by atoms with Gasteiger partial charge in [0.2, 0.25) is 5.65 Å². The number of fused-ring (bicyclic) bond motifs is 1. The zero-order valence-electron chi connectivity index (χ0n) is 11.7. The summed E-state index contributed by atoms with van der Waals surface area (Å²) in [5.41, 5.74) is 2.98. The van der Waals surface area contributed by atoms with E-state index >= 15 is 0 Å². The van der Waals surface area contributed by atoms with Crippen LogP contribution in [0.3, 0.4) is 0 Å². The predicted octanol–water partition coefficient (Wildman–Crippen LogP) is 3.18. The molecule has 0 aliphatic rings. The van der Waals surface area contributed by atoms with Gasteiger partial charge < -0.3 is 10.1 Å². The van der Waals surface area contributed by atoms with Gasteiger partial charge in [-0.2, -0.15) is 4.98 Å². The molecule has 0 fully saturated rings. The zero-order chi connectivity index (χ0) is 14.1. The number of hydrogen-bond donors (Lipinski definition) is 1. The topological polar surface area (TPSA) is 51.5 Å². The minimum Gasteiger partial charge on any atom is -0.436 e. The maximum absolute atomic E-state index is 5.94. The summed E-state index contributed by atoms with van der Waals surface area (Å²) in [6.45, 7) is 4.08. The van der Waals surface area contributed by atoms with Crippen LogP contribution >= 0.6 is 0 Å². The summed E-state index contributed by atoms with van der Waals surface area (Å²) in [6.07, 6.45) is 5.47. The molecule has 102 valence electrons. The Balaban J connectivity index is 2.07. The van der Waals surface area contributed by atoms with E-state index in [-0.39, 0.29) is 0 Å². The molecule has 1 aromatic carbocycles. The Morgan fingerprint density at radius 3 is 2.85 bits per heavy atom. The molecular weight excluding hydrogens is 252 g/mol. The number of benzene rings is 1. The lowest BCUT2D eigenvalue weighted by molar-refractivity contribution is 0.462. The lowest BCUT2D eigenvalue weighted by atomic mass is 10.1. The molecule has 0 amide bonds. The Kier molecular flexibility index (Phi) is 3.02. The van der Waals surface area contributed by atoms with Crippen molar-refractivity contribution in [3.63, 3.8) is 0 Å². The van der Waals surface area contributed by atoms with Crippen molar-refractivity contribution in [2.24, 2.45) is 0 Å². The number of aromatic nitrogens is 3. The van der Waals surface area contributed by atoms with E-state index in [0.29, 0.717) is 11.5 Å². The van der Waals surface area contributed by atoms with Gasteiger partial charge in [-0.15, -0.1) is 0 Å². The summed E-state index contributed by atoms with van der Waals surface area (Å²) in [7, 11) is 1.83. The second-order valence-corrected chi connectivity index (χ2v) is 4.71. The van der Waals surface area contributed by atoms with E-state index in [4.69, 9.17) is 4.74 Å². The van der Waals surface area contributed by atoms with E-state index in [1.807, 2.05) is 42.9 Å². The summed E-state index contributed by atoms with van der Waals surface area (Å²) in [4.78, 5) is 8.72. The van der Waals surface area contributed by atoms with Crippen LogP contribution in [0.5, 0.6) is 11.6 Å². The highest BCUT2D eigenvalue weighted by Crippen LogP contribution is 2.27. The molecule has 3 aromatic rings. The standard InChI is InChI=1S/C15H16N4O/c1-10-4-5-12(11(2)8-10)20-15-14-17-6-7-19(14)9-13(16-3)18-15/h4-9,16H,1-3H3. The molecule has 2 aromatic heterocycles. The van der Waals surface area contributed by atoms with Crippen LogP contribution in [0.25, 0.3) is 5.65 Å². The van der Waals surface area contributed by atoms with Crippen LogP contribution < -0.4 is 10.1 Å². The SMILES string of the molecule is CNc1cn2ccnc2c(Oc2ccc(C)cc2C)n1. The summed E-state index contributed by atoms with van der Waals surface area (Å²) < 4.78 is 7.83. The largest absolute Gasteiger partial charge is 0.436 e. The fourth-order valence-electron chi connectivity index (χ4n) is 2.11. The average molecular weight is 268 g/mol. The molecule has 0 unspecified atom stereocenters. The van der Waals surface area contributed by atoms with Gasteiger partial charge in [0.15, 0.2) is 0 Å². The van der Waals surface area contributed by atoms with Gasteiger partial charge in [0.25, 0.3) is 5.88 Å². The van der Waals surface area contributed by atoms with Gasteiger partial charge in [0, 0.05) is 19.4 Å². The fraction of sp³-hybridized carbons (Fsp3) is 0.200. The number of ether oxygens (including phenoxy) is 1. The molecule has 0 saturated carbocycles. The van der Waals surface area contributed by atoms with Crippen molar-refractivity contribution in [3.05, 3.63) is 47.9 Å². The van der Waals surface area contributed by atoms with Crippen LogP contribution in [0.15, 0.2) is 36.8 Å². The van der Waals surface area contributed by atoms with Crippen LogP contribution in [0.4, 0.5) is 5.82 Å². The number of anilines is 1. The lowest BCUT2D eigenvalue weighted by Crippen LogP contribution is -2.00. The van der Waals surface area contributed by atoms with Gasteiger partial charge in [-0.25, -0.2) is 4.98 Å². The van der Waals surface area contributed by atoms with Gasteiger partial charge in [0.05, 0.1) is 6.20 Å². The first kappa shape index (κ1) is 12.5. The molecule has 2 heterocycles. The molecule has 5 nitrogen and oxygen atoms in total. The third kappa shape index (κ3) is 2.18. The molecule has 1 N–H and O–H groups in total. The van der Waals surface area contributed by atoms with E-state index in [9.17, 15) is 0 Å². The molecule has 0 radical (unpaired) electrons. The fourth-order valence-corrected chi connectivity index (χ4v) is 2.11. The second-order valence-electron chi connectivity index (χ2n) is 4.71. The lowest BCUT2D eigenvalue weighted by Gasteiger charge is -2.10. The predicted molar refractivity (Wildman–Crippen MR) is 78.5 cm³/mol. The molecule has 0 saturated heterocycles. The third-order valence-electron chi connectivity index (χ3n) is 3.14. The monoisotopic (exact) mass is 268 g/mol. The Morgan fingerprint density at radius 1 is 1.25 bits per heavy atom. The van der Waals surface area contributed by atoms with Crippen molar-refractivity contribution in [2.75, 3.05) is 12.4 Å². The molecule has 3 rings (SSSR count). The molecule has 0 aliphatic heterocycles. The van der Waals surface area contributed by atoms with Crippen molar-refractivity contribution >= 4 is 11.5 Å². The van der Waals surface area contributed by atoms with E-state index in [2.05, 4.69) is 28.3 Å². The van der Waals surface area contributed by atoms with Gasteiger partial charge in [0.1, 0.15) is 11.6 Å². The van der Waals surface area contributed by atoms with E-state index in [0.717, 1.165) is 17.1 Å². The smallest absolute Gasteiger partial charge is 0.265 e. The highest BCUT2D eigenvalue weighted by molar-refractivity contribution is 5.55. The Morgan fingerprint density at radius 2 is 2.10 bits per heavy atom. The first-order valence-electron chi connectivity index (χ1n) is 6.44. The van der Waals surface area contributed by atoms with Crippen LogP contribution in [0, 0.1) is 13.8 Å². The molecule has 5 heteroatoms. The number of rotatable bonds is 3. The van der Waals surface area contributed by atoms with Crippen LogP contribution in [0.2, 0.25) is 0 Å².